The third-order valence-corrected chi connectivity index (χ3v) is 2.23. The summed E-state index contributed by atoms with van der Waals surface area (Å²) in [5.41, 5.74) is 0.211. The van der Waals surface area contributed by atoms with E-state index in [1.165, 1.54) is 13.2 Å². The number of carboxylic acids is 1. The molecule has 0 aromatic heterocycles. The average molecular weight is 304 g/mol. The summed E-state index contributed by atoms with van der Waals surface area (Å²) in [4.78, 5) is 22.2. The number of nitrogens with one attached hydrogen (secondary N) is 1. The molecule has 1 aromatic rings. The van der Waals surface area contributed by atoms with Gasteiger partial charge in [-0.3, -0.25) is 10.2 Å². The van der Waals surface area contributed by atoms with Crippen LogP contribution in [0.1, 0.15) is 5.56 Å². The van der Waals surface area contributed by atoms with Crippen molar-refractivity contribution < 1.29 is 32.6 Å². The number of aliphatic carboxylic acids is 1. The first kappa shape index (κ1) is 16.6. The number of anilines is 1. The van der Waals surface area contributed by atoms with E-state index < -0.39 is 35.8 Å². The van der Waals surface area contributed by atoms with Crippen LogP contribution in [0.15, 0.2) is 29.4 Å². The third kappa shape index (κ3) is 4.88. The van der Waals surface area contributed by atoms with Gasteiger partial charge in [0, 0.05) is 7.11 Å². The average Bonchev–Trinajstić information content (AvgIpc) is 2.38. The zero-order chi connectivity index (χ0) is 16.0. The number of carbonyl (C=O) groups excluding carboxylic acids is 1. The Morgan fingerprint density at radius 1 is 1.38 bits per heavy atom. The second-order valence-corrected chi connectivity index (χ2v) is 3.81. The minimum Gasteiger partial charge on any atom is -0.476 e. The summed E-state index contributed by atoms with van der Waals surface area (Å²) in [7, 11) is 1.19. The Kier molecular flexibility index (Phi) is 5.42. The maximum absolute atomic E-state index is 12.5. The molecule has 0 aliphatic rings. The maximum atomic E-state index is 12.5. The first-order chi connectivity index (χ1) is 9.75. The molecule has 0 fully saturated rings. The van der Waals surface area contributed by atoms with Crippen LogP contribution in [0.4, 0.5) is 18.9 Å². The van der Waals surface area contributed by atoms with E-state index in [4.69, 9.17) is 5.11 Å². The molecule has 0 atom stereocenters. The molecule has 0 aliphatic carbocycles. The second kappa shape index (κ2) is 6.84. The summed E-state index contributed by atoms with van der Waals surface area (Å²) in [5, 5.41) is 12.1. The van der Waals surface area contributed by atoms with Gasteiger partial charge in [0.05, 0.1) is 11.3 Å². The summed E-state index contributed by atoms with van der Waals surface area (Å²) >= 11 is 0. The highest BCUT2D eigenvalue weighted by Gasteiger charge is 2.30. The molecular weight excluding hydrogens is 293 g/mol. The van der Waals surface area contributed by atoms with Crippen LogP contribution in [0, 0.1) is 0 Å². The number of hydrogen-bond donors (Lipinski definition) is 2. The Bertz CT molecular complexity index is 570. The van der Waals surface area contributed by atoms with Crippen LogP contribution in [-0.4, -0.2) is 36.3 Å². The van der Waals surface area contributed by atoms with Crippen LogP contribution >= 0.6 is 0 Å². The molecule has 0 bridgehead atoms. The lowest BCUT2D eigenvalue weighted by atomic mass is 10.2. The first-order valence-electron chi connectivity index (χ1n) is 5.52. The highest BCUT2D eigenvalue weighted by molar-refractivity contribution is 6.64. The van der Waals surface area contributed by atoms with Crippen LogP contribution in [0.25, 0.3) is 0 Å². The van der Waals surface area contributed by atoms with Gasteiger partial charge in [-0.25, -0.2) is 4.79 Å². The lowest BCUT2D eigenvalue weighted by Gasteiger charge is -2.08. The zero-order valence-electron chi connectivity index (χ0n) is 10.8. The first-order valence-corrected chi connectivity index (χ1v) is 5.52. The van der Waals surface area contributed by atoms with Gasteiger partial charge in [-0.2, -0.15) is 18.3 Å². The number of hydrogen-bond acceptors (Lipinski definition) is 5. The second-order valence-electron chi connectivity index (χ2n) is 3.81. The largest absolute Gasteiger partial charge is 0.476 e. The molecule has 21 heavy (non-hydrogen) atoms. The van der Waals surface area contributed by atoms with Crippen LogP contribution < -0.4 is 5.43 Å². The molecule has 0 amide bonds. The maximum Gasteiger partial charge on any atom is 0.416 e. The number of nitrogens with zero attached hydrogens (tertiary/aromatic N) is 1. The fraction of sp³-hybridized carbons (Fsp3) is 0.250. The summed E-state index contributed by atoms with van der Waals surface area (Å²) in [5.74, 6) is -2.53. The molecular formula is C12H11F3N2O4. The molecule has 1 aromatic carbocycles. The standard InChI is InChI=1S/C12H11F3N2O4/c1-21-6-9(18)10(11(19)20)17-16-8-4-2-3-7(5-8)12(13,14)15/h2-5,16H,6H2,1H3,(H,19,20). The van der Waals surface area contributed by atoms with Crippen molar-refractivity contribution in [3.05, 3.63) is 29.8 Å². The number of benzene rings is 1. The predicted molar refractivity (Wildman–Crippen MR) is 67.0 cm³/mol. The number of carboxylic acid groups (broad SMARTS) is 1. The number of alkyl halides is 3. The number of halogens is 3. The molecule has 0 spiro atoms. The van der Waals surface area contributed by atoms with E-state index in [0.29, 0.717) is 0 Å². The summed E-state index contributed by atoms with van der Waals surface area (Å²) in [6, 6.07) is 3.96. The Hall–Kier alpha value is -2.42. The van der Waals surface area contributed by atoms with Crippen molar-refractivity contribution in [2.75, 3.05) is 19.1 Å². The smallest absolute Gasteiger partial charge is 0.416 e. The molecule has 114 valence electrons. The van der Waals surface area contributed by atoms with E-state index in [1.807, 2.05) is 0 Å². The molecule has 2 N–H and O–H groups in total. The number of carbonyl (C=O) groups is 2. The minimum atomic E-state index is -4.54. The Balaban J connectivity index is 2.96. The van der Waals surface area contributed by atoms with E-state index in [9.17, 15) is 22.8 Å². The number of Topliss-reactive ketones (excluding diaryl/α,β-unsaturated/α-hetero) is 1. The van der Waals surface area contributed by atoms with E-state index in [2.05, 4.69) is 15.3 Å². The molecule has 0 saturated carbocycles. The fourth-order valence-corrected chi connectivity index (χ4v) is 1.31. The number of ketones is 1. The number of rotatable bonds is 6. The number of hydrazone groups is 1. The third-order valence-electron chi connectivity index (χ3n) is 2.23. The topological polar surface area (TPSA) is 88.0 Å². The van der Waals surface area contributed by atoms with E-state index in [0.717, 1.165) is 18.2 Å². The van der Waals surface area contributed by atoms with E-state index >= 15 is 0 Å². The minimum absolute atomic E-state index is 0.103. The predicted octanol–water partition coefficient (Wildman–Crippen LogP) is 1.77. The molecule has 1 rings (SSSR count). The lowest BCUT2D eigenvalue weighted by molar-refractivity contribution is -0.137. The summed E-state index contributed by atoms with van der Waals surface area (Å²) < 4.78 is 42.0. The number of methoxy groups -OCH3 is 1. The molecule has 0 unspecified atom stereocenters. The van der Waals surface area contributed by atoms with Crippen molar-refractivity contribution in [3.8, 4) is 0 Å². The van der Waals surface area contributed by atoms with Crippen molar-refractivity contribution in [1.29, 1.82) is 0 Å². The van der Waals surface area contributed by atoms with Gasteiger partial charge in [0.2, 0.25) is 11.5 Å². The molecule has 0 heterocycles. The van der Waals surface area contributed by atoms with Crippen LogP contribution in [0.2, 0.25) is 0 Å². The van der Waals surface area contributed by atoms with E-state index in [-0.39, 0.29) is 5.69 Å². The van der Waals surface area contributed by atoms with Gasteiger partial charge < -0.3 is 9.84 Å². The summed E-state index contributed by atoms with van der Waals surface area (Å²) in [6.45, 7) is -0.505. The lowest BCUT2D eigenvalue weighted by Crippen LogP contribution is -2.28. The van der Waals surface area contributed by atoms with Crippen molar-refractivity contribution in [2.45, 2.75) is 6.18 Å². The zero-order valence-corrected chi connectivity index (χ0v) is 10.8. The molecule has 6 nitrogen and oxygen atoms in total. The molecule has 0 saturated heterocycles. The van der Waals surface area contributed by atoms with Crippen molar-refractivity contribution in [1.82, 2.24) is 0 Å². The molecule has 9 heteroatoms. The van der Waals surface area contributed by atoms with Gasteiger partial charge in [-0.1, -0.05) is 6.07 Å². The molecule has 0 radical (unpaired) electrons. The van der Waals surface area contributed by atoms with Gasteiger partial charge in [-0.15, -0.1) is 0 Å². The summed E-state index contributed by atoms with van der Waals surface area (Å²) in [6.07, 6.45) is -4.54. The van der Waals surface area contributed by atoms with Crippen molar-refractivity contribution in [2.24, 2.45) is 5.10 Å². The Morgan fingerprint density at radius 2 is 2.05 bits per heavy atom. The van der Waals surface area contributed by atoms with Gasteiger partial charge in [-0.05, 0) is 18.2 Å². The van der Waals surface area contributed by atoms with Crippen molar-refractivity contribution >= 4 is 23.2 Å². The van der Waals surface area contributed by atoms with Crippen LogP contribution in [0.3, 0.4) is 0 Å². The van der Waals surface area contributed by atoms with Crippen molar-refractivity contribution in [3.63, 3.8) is 0 Å². The SMILES string of the molecule is COCC(=O)C(=NNc1cccc(C(F)(F)F)c1)C(=O)O. The Morgan fingerprint density at radius 3 is 2.57 bits per heavy atom. The number of ether oxygens (including phenoxy) is 1. The van der Waals surface area contributed by atoms with Gasteiger partial charge in [0.15, 0.2) is 0 Å². The fourth-order valence-electron chi connectivity index (χ4n) is 1.31. The quantitative estimate of drug-likeness (QED) is 0.475. The highest BCUT2D eigenvalue weighted by atomic mass is 19.4. The van der Waals surface area contributed by atoms with Gasteiger partial charge in [0.1, 0.15) is 6.61 Å². The van der Waals surface area contributed by atoms with Gasteiger partial charge in [0.25, 0.3) is 0 Å². The van der Waals surface area contributed by atoms with E-state index in [1.54, 1.807) is 0 Å². The van der Waals surface area contributed by atoms with Crippen LogP contribution in [-0.2, 0) is 20.5 Å². The van der Waals surface area contributed by atoms with Crippen LogP contribution in [0.5, 0.6) is 0 Å². The highest BCUT2D eigenvalue weighted by Crippen LogP contribution is 2.30. The Labute approximate surface area is 117 Å². The van der Waals surface area contributed by atoms with Gasteiger partial charge >= 0.3 is 12.1 Å². The molecule has 0 aliphatic heterocycles. The monoisotopic (exact) mass is 304 g/mol. The normalized spacial score (nSPS) is 12.1.